The number of nitrogens with one attached hydrogen (secondary N) is 1. The van der Waals surface area contributed by atoms with Crippen molar-refractivity contribution in [1.29, 1.82) is 0 Å². The molecule has 0 aliphatic heterocycles. The van der Waals surface area contributed by atoms with Gasteiger partial charge in [-0.15, -0.1) is 10.2 Å². The molecule has 0 bridgehead atoms. The van der Waals surface area contributed by atoms with Crippen molar-refractivity contribution in [3.05, 3.63) is 5.82 Å². The topological polar surface area (TPSA) is 59.8 Å². The van der Waals surface area contributed by atoms with Gasteiger partial charge >= 0.3 is 0 Å². The summed E-state index contributed by atoms with van der Waals surface area (Å²) in [5, 5.41) is 12.0. The van der Waals surface area contributed by atoms with Crippen LogP contribution in [0.2, 0.25) is 0 Å². The Balaban J connectivity index is 1.86. The van der Waals surface area contributed by atoms with E-state index < -0.39 is 0 Å². The van der Waals surface area contributed by atoms with Crippen LogP contribution in [0.3, 0.4) is 0 Å². The molecule has 1 fully saturated rings. The van der Waals surface area contributed by atoms with Crippen molar-refractivity contribution in [1.82, 2.24) is 20.1 Å². The van der Waals surface area contributed by atoms with Crippen LogP contribution in [0.15, 0.2) is 5.16 Å². The summed E-state index contributed by atoms with van der Waals surface area (Å²) in [4.78, 5) is 12.3. The molecule has 0 saturated heterocycles. The summed E-state index contributed by atoms with van der Waals surface area (Å²) < 4.78 is 1.92. The summed E-state index contributed by atoms with van der Waals surface area (Å²) in [7, 11) is 1.92. The molecule has 112 valence electrons. The maximum atomic E-state index is 12.3. The molecule has 6 heteroatoms. The Kier molecular flexibility index (Phi) is 5.46. The minimum atomic E-state index is -0.138. The van der Waals surface area contributed by atoms with Crippen molar-refractivity contribution in [2.45, 2.75) is 68.8 Å². The highest BCUT2D eigenvalue weighted by molar-refractivity contribution is 8.00. The second kappa shape index (κ2) is 7.11. The lowest BCUT2D eigenvalue weighted by molar-refractivity contribution is -0.121. The molecule has 0 unspecified atom stereocenters. The predicted octanol–water partition coefficient (Wildman–Crippen LogP) is 2.44. The third kappa shape index (κ3) is 3.98. The number of hydrogen-bond donors (Lipinski definition) is 1. The minimum absolute atomic E-state index is 0.113. The number of aryl methyl sites for hydroxylation is 1. The standard InChI is InChI=1S/C14H24N4OS/c1-10(20-14-17-16-11(2)18(14)3)13(19)15-12-8-6-4-5-7-9-12/h10,12H,4-9H2,1-3H3,(H,15,19)/t10-/m1/s1. The van der Waals surface area contributed by atoms with Gasteiger partial charge in [0.2, 0.25) is 5.91 Å². The Bertz CT molecular complexity index is 452. The highest BCUT2D eigenvalue weighted by atomic mass is 32.2. The highest BCUT2D eigenvalue weighted by Gasteiger charge is 2.21. The Morgan fingerprint density at radius 1 is 1.30 bits per heavy atom. The molecule has 1 aromatic rings. The number of thioether (sulfide) groups is 1. The molecular formula is C14H24N4OS. The summed E-state index contributed by atoms with van der Waals surface area (Å²) in [6.45, 7) is 3.84. The smallest absolute Gasteiger partial charge is 0.233 e. The molecule has 1 N–H and O–H groups in total. The second-order valence-electron chi connectivity index (χ2n) is 5.55. The first kappa shape index (κ1) is 15.4. The van der Waals surface area contributed by atoms with Gasteiger partial charge in [-0.2, -0.15) is 0 Å². The number of carbonyl (C=O) groups is 1. The lowest BCUT2D eigenvalue weighted by atomic mass is 10.1. The van der Waals surface area contributed by atoms with Crippen LogP contribution in [-0.2, 0) is 11.8 Å². The molecule has 2 rings (SSSR count). The monoisotopic (exact) mass is 296 g/mol. The van der Waals surface area contributed by atoms with Crippen molar-refractivity contribution in [3.8, 4) is 0 Å². The zero-order valence-electron chi connectivity index (χ0n) is 12.6. The van der Waals surface area contributed by atoms with Crippen molar-refractivity contribution >= 4 is 17.7 Å². The quantitative estimate of drug-likeness (QED) is 0.685. The van der Waals surface area contributed by atoms with Crippen LogP contribution in [0.4, 0.5) is 0 Å². The van der Waals surface area contributed by atoms with Crippen LogP contribution < -0.4 is 5.32 Å². The average Bonchev–Trinajstić information content (AvgIpc) is 2.64. The molecule has 1 aliphatic rings. The maximum absolute atomic E-state index is 12.3. The SMILES string of the molecule is Cc1nnc(S[C@H](C)C(=O)NC2CCCCCC2)n1C. The van der Waals surface area contributed by atoms with Gasteiger partial charge in [-0.1, -0.05) is 37.4 Å². The van der Waals surface area contributed by atoms with Gasteiger partial charge in [0.25, 0.3) is 0 Å². The lowest BCUT2D eigenvalue weighted by Gasteiger charge is -2.19. The van der Waals surface area contributed by atoms with E-state index in [9.17, 15) is 4.79 Å². The Labute approximate surface area is 124 Å². The van der Waals surface area contributed by atoms with E-state index in [0.717, 1.165) is 23.8 Å². The molecule has 5 nitrogen and oxygen atoms in total. The molecule has 1 heterocycles. The molecule has 1 aromatic heterocycles. The van der Waals surface area contributed by atoms with Gasteiger partial charge in [0.1, 0.15) is 5.82 Å². The van der Waals surface area contributed by atoms with Gasteiger partial charge in [0.05, 0.1) is 5.25 Å². The minimum Gasteiger partial charge on any atom is -0.352 e. The first-order chi connectivity index (χ1) is 9.58. The molecule has 0 spiro atoms. The number of rotatable bonds is 4. The molecule has 20 heavy (non-hydrogen) atoms. The Morgan fingerprint density at radius 2 is 1.95 bits per heavy atom. The number of amides is 1. The van der Waals surface area contributed by atoms with E-state index in [2.05, 4.69) is 15.5 Å². The third-order valence-electron chi connectivity index (χ3n) is 3.91. The number of hydrogen-bond acceptors (Lipinski definition) is 4. The molecule has 0 aromatic carbocycles. The van der Waals surface area contributed by atoms with Crippen molar-refractivity contribution in [3.63, 3.8) is 0 Å². The zero-order chi connectivity index (χ0) is 14.5. The van der Waals surface area contributed by atoms with Crippen molar-refractivity contribution in [2.75, 3.05) is 0 Å². The van der Waals surface area contributed by atoms with E-state index in [1.165, 1.54) is 37.4 Å². The van der Waals surface area contributed by atoms with Gasteiger partial charge in [-0.05, 0) is 26.7 Å². The Hall–Kier alpha value is -1.04. The van der Waals surface area contributed by atoms with E-state index in [-0.39, 0.29) is 11.2 Å². The Morgan fingerprint density at radius 3 is 2.50 bits per heavy atom. The fraction of sp³-hybridized carbons (Fsp3) is 0.786. The molecular weight excluding hydrogens is 272 g/mol. The second-order valence-corrected chi connectivity index (χ2v) is 6.85. The number of nitrogens with zero attached hydrogens (tertiary/aromatic N) is 3. The van der Waals surface area contributed by atoms with Crippen molar-refractivity contribution < 1.29 is 4.79 Å². The van der Waals surface area contributed by atoms with E-state index in [4.69, 9.17) is 0 Å². The van der Waals surface area contributed by atoms with Gasteiger partial charge in [0, 0.05) is 13.1 Å². The van der Waals surface area contributed by atoms with Crippen LogP contribution in [-0.4, -0.2) is 32.0 Å². The number of aromatic nitrogens is 3. The van der Waals surface area contributed by atoms with Gasteiger partial charge in [-0.3, -0.25) is 4.79 Å². The van der Waals surface area contributed by atoms with Gasteiger partial charge < -0.3 is 9.88 Å². The highest BCUT2D eigenvalue weighted by Crippen LogP contribution is 2.22. The lowest BCUT2D eigenvalue weighted by Crippen LogP contribution is -2.39. The van der Waals surface area contributed by atoms with E-state index in [1.54, 1.807) is 0 Å². The molecule has 1 aliphatic carbocycles. The summed E-state index contributed by atoms with van der Waals surface area (Å²) in [5.41, 5.74) is 0. The fourth-order valence-corrected chi connectivity index (χ4v) is 3.31. The summed E-state index contributed by atoms with van der Waals surface area (Å²) in [5.74, 6) is 0.978. The average molecular weight is 296 g/mol. The molecule has 1 saturated carbocycles. The van der Waals surface area contributed by atoms with E-state index in [0.29, 0.717) is 6.04 Å². The molecule has 0 radical (unpaired) electrons. The first-order valence-electron chi connectivity index (χ1n) is 7.41. The van der Waals surface area contributed by atoms with E-state index >= 15 is 0 Å². The molecule has 1 amide bonds. The fourth-order valence-electron chi connectivity index (χ4n) is 2.44. The summed E-state index contributed by atoms with van der Waals surface area (Å²) in [6, 6.07) is 0.356. The van der Waals surface area contributed by atoms with Crippen LogP contribution in [0.25, 0.3) is 0 Å². The maximum Gasteiger partial charge on any atom is 0.233 e. The first-order valence-corrected chi connectivity index (χ1v) is 8.29. The number of carbonyl (C=O) groups excluding carboxylic acids is 1. The van der Waals surface area contributed by atoms with E-state index in [1.807, 2.05) is 25.5 Å². The summed E-state index contributed by atoms with van der Waals surface area (Å²) >= 11 is 1.47. The van der Waals surface area contributed by atoms with Crippen LogP contribution in [0.5, 0.6) is 0 Å². The zero-order valence-corrected chi connectivity index (χ0v) is 13.4. The van der Waals surface area contributed by atoms with Gasteiger partial charge in [0.15, 0.2) is 5.16 Å². The van der Waals surface area contributed by atoms with Crippen LogP contribution in [0.1, 0.15) is 51.3 Å². The van der Waals surface area contributed by atoms with Crippen LogP contribution >= 0.6 is 11.8 Å². The normalized spacial score (nSPS) is 18.6. The predicted molar refractivity (Wildman–Crippen MR) is 80.7 cm³/mol. The molecule has 1 atom stereocenters. The largest absolute Gasteiger partial charge is 0.352 e. The summed E-state index contributed by atoms with van der Waals surface area (Å²) in [6.07, 6.45) is 7.30. The van der Waals surface area contributed by atoms with Gasteiger partial charge in [-0.25, -0.2) is 0 Å². The third-order valence-corrected chi connectivity index (χ3v) is 5.04. The van der Waals surface area contributed by atoms with Crippen LogP contribution in [0, 0.1) is 6.92 Å². The van der Waals surface area contributed by atoms with Crippen molar-refractivity contribution in [2.24, 2.45) is 7.05 Å².